The number of para-hydroxylation sites is 1. The number of carbonyl (C=O) groups excluding carboxylic acids is 2. The van der Waals surface area contributed by atoms with E-state index in [2.05, 4.69) is 10.6 Å². The van der Waals surface area contributed by atoms with Gasteiger partial charge in [0.2, 0.25) is 5.91 Å². The predicted octanol–water partition coefficient (Wildman–Crippen LogP) is 2.80. The largest absolute Gasteiger partial charge is 0.483 e. The quantitative estimate of drug-likeness (QED) is 0.765. The summed E-state index contributed by atoms with van der Waals surface area (Å²) in [6.45, 7) is 2.29. The second-order valence-electron chi connectivity index (χ2n) is 5.61. The van der Waals surface area contributed by atoms with Crippen molar-refractivity contribution in [2.24, 2.45) is 0 Å². The minimum Gasteiger partial charge on any atom is -0.483 e. The van der Waals surface area contributed by atoms with Crippen LogP contribution in [-0.4, -0.2) is 18.4 Å². The van der Waals surface area contributed by atoms with Gasteiger partial charge in [-0.25, -0.2) is 0 Å². The highest BCUT2D eigenvalue weighted by atomic mass is 16.5. The van der Waals surface area contributed by atoms with E-state index < -0.39 is 0 Å². The van der Waals surface area contributed by atoms with Gasteiger partial charge in [0.05, 0.1) is 6.07 Å². The lowest BCUT2D eigenvalue weighted by molar-refractivity contribution is -0.123. The maximum absolute atomic E-state index is 12.0. The number of benzene rings is 2. The first kappa shape index (κ1) is 19.0. The van der Waals surface area contributed by atoms with Gasteiger partial charge in [-0.1, -0.05) is 37.3 Å². The molecule has 0 spiro atoms. The molecular formula is C20H21N3O3. The molecule has 0 aliphatic heterocycles. The Morgan fingerprint density at radius 1 is 1.12 bits per heavy atom. The molecule has 2 aromatic carbocycles. The molecule has 0 unspecified atom stereocenters. The van der Waals surface area contributed by atoms with Gasteiger partial charge < -0.3 is 15.4 Å². The van der Waals surface area contributed by atoms with Crippen molar-refractivity contribution in [3.8, 4) is 11.8 Å². The van der Waals surface area contributed by atoms with E-state index in [0.29, 0.717) is 18.0 Å². The zero-order chi connectivity index (χ0) is 18.8. The molecule has 0 saturated carbocycles. The van der Waals surface area contributed by atoms with Crippen LogP contribution < -0.4 is 15.4 Å². The average molecular weight is 351 g/mol. The molecule has 0 bridgehead atoms. The normalized spacial score (nSPS) is 9.85. The summed E-state index contributed by atoms with van der Waals surface area (Å²) in [4.78, 5) is 23.4. The Labute approximate surface area is 152 Å². The van der Waals surface area contributed by atoms with E-state index in [4.69, 9.17) is 10.00 Å². The number of carbonyl (C=O) groups is 2. The molecule has 2 aromatic rings. The first-order chi connectivity index (χ1) is 12.6. The fourth-order valence-electron chi connectivity index (χ4n) is 2.37. The molecule has 2 amide bonds. The van der Waals surface area contributed by atoms with Crippen LogP contribution in [0.1, 0.15) is 24.5 Å². The minimum absolute atomic E-state index is 0.0599. The third kappa shape index (κ3) is 5.95. The molecule has 134 valence electrons. The summed E-state index contributed by atoms with van der Waals surface area (Å²) in [5.41, 5.74) is 2.48. The van der Waals surface area contributed by atoms with E-state index >= 15 is 0 Å². The fourth-order valence-corrected chi connectivity index (χ4v) is 2.37. The number of anilines is 1. The summed E-state index contributed by atoms with van der Waals surface area (Å²) in [6.07, 6.45) is 0.639. The molecule has 2 N–H and O–H groups in total. The highest BCUT2D eigenvalue weighted by Crippen LogP contribution is 2.18. The predicted molar refractivity (Wildman–Crippen MR) is 98.5 cm³/mol. The third-order valence-electron chi connectivity index (χ3n) is 3.65. The van der Waals surface area contributed by atoms with E-state index in [1.807, 2.05) is 37.3 Å². The highest BCUT2D eigenvalue weighted by molar-refractivity contribution is 5.92. The van der Waals surface area contributed by atoms with Crippen LogP contribution in [0.5, 0.6) is 5.75 Å². The number of aryl methyl sites for hydroxylation is 1. The van der Waals surface area contributed by atoms with Crippen molar-refractivity contribution in [2.75, 3.05) is 11.9 Å². The summed E-state index contributed by atoms with van der Waals surface area (Å²) < 4.78 is 5.58. The van der Waals surface area contributed by atoms with Gasteiger partial charge in [0.25, 0.3) is 5.91 Å². The minimum atomic E-state index is -0.364. The van der Waals surface area contributed by atoms with Crippen molar-refractivity contribution in [1.82, 2.24) is 5.32 Å². The molecule has 26 heavy (non-hydrogen) atoms. The van der Waals surface area contributed by atoms with Gasteiger partial charge in [-0.05, 0) is 35.7 Å². The van der Waals surface area contributed by atoms with Crippen molar-refractivity contribution in [1.29, 1.82) is 5.26 Å². The highest BCUT2D eigenvalue weighted by Gasteiger charge is 2.06. The number of nitrogens with one attached hydrogen (secondary N) is 2. The van der Waals surface area contributed by atoms with Gasteiger partial charge in [-0.15, -0.1) is 0 Å². The number of amides is 2. The van der Waals surface area contributed by atoms with E-state index in [0.717, 1.165) is 17.5 Å². The maximum Gasteiger partial charge on any atom is 0.258 e. The molecule has 0 heterocycles. The number of nitrogens with zero attached hydrogens (tertiary/aromatic N) is 1. The Hall–Kier alpha value is -3.33. The van der Waals surface area contributed by atoms with Crippen LogP contribution >= 0.6 is 0 Å². The molecule has 2 rings (SSSR count). The number of nitriles is 1. The van der Waals surface area contributed by atoms with Crippen LogP contribution in [0.4, 0.5) is 5.69 Å². The van der Waals surface area contributed by atoms with Crippen LogP contribution in [-0.2, 0) is 22.6 Å². The van der Waals surface area contributed by atoms with Crippen molar-refractivity contribution in [2.45, 2.75) is 26.3 Å². The number of ether oxygens (including phenoxy) is 1. The zero-order valence-electron chi connectivity index (χ0n) is 14.6. The number of hydrogen-bond acceptors (Lipinski definition) is 4. The van der Waals surface area contributed by atoms with Gasteiger partial charge in [-0.2, -0.15) is 5.26 Å². The molecule has 6 heteroatoms. The van der Waals surface area contributed by atoms with Crippen LogP contribution in [0.25, 0.3) is 0 Å². The molecule has 0 aliphatic rings. The van der Waals surface area contributed by atoms with Crippen molar-refractivity contribution in [3.05, 3.63) is 59.7 Å². The lowest BCUT2D eigenvalue weighted by Crippen LogP contribution is -2.28. The maximum atomic E-state index is 12.0. The van der Waals surface area contributed by atoms with Gasteiger partial charge in [0.1, 0.15) is 12.2 Å². The van der Waals surface area contributed by atoms with Crippen molar-refractivity contribution < 1.29 is 14.3 Å². The first-order valence-electron chi connectivity index (χ1n) is 8.35. The number of hydrogen-bond donors (Lipinski definition) is 2. The van der Waals surface area contributed by atoms with Crippen LogP contribution in [0.3, 0.4) is 0 Å². The van der Waals surface area contributed by atoms with Crippen molar-refractivity contribution in [3.63, 3.8) is 0 Å². The molecule has 0 fully saturated rings. The molecule has 0 aromatic heterocycles. The monoisotopic (exact) mass is 351 g/mol. The molecule has 0 atom stereocenters. The van der Waals surface area contributed by atoms with E-state index in [1.54, 1.807) is 24.3 Å². The number of rotatable bonds is 8. The zero-order valence-corrected chi connectivity index (χ0v) is 14.6. The van der Waals surface area contributed by atoms with Gasteiger partial charge in [0.15, 0.2) is 6.61 Å². The summed E-state index contributed by atoms with van der Waals surface area (Å²) in [6, 6.07) is 16.5. The third-order valence-corrected chi connectivity index (χ3v) is 3.65. The molecular weight excluding hydrogens is 330 g/mol. The van der Waals surface area contributed by atoms with Gasteiger partial charge in [0, 0.05) is 12.2 Å². The Morgan fingerprint density at radius 2 is 1.92 bits per heavy atom. The first-order valence-corrected chi connectivity index (χ1v) is 8.35. The second-order valence-corrected chi connectivity index (χ2v) is 5.61. The van der Waals surface area contributed by atoms with Crippen LogP contribution in [0.2, 0.25) is 0 Å². The van der Waals surface area contributed by atoms with E-state index in [-0.39, 0.29) is 24.8 Å². The van der Waals surface area contributed by atoms with Crippen LogP contribution in [0.15, 0.2) is 48.5 Å². The Kier molecular flexibility index (Phi) is 7.19. The molecule has 0 saturated heterocycles. The summed E-state index contributed by atoms with van der Waals surface area (Å²) in [5, 5.41) is 13.9. The summed E-state index contributed by atoms with van der Waals surface area (Å²) in [7, 11) is 0. The summed E-state index contributed by atoms with van der Waals surface area (Å²) in [5.74, 6) is 0.124. The molecule has 0 aliphatic carbocycles. The van der Waals surface area contributed by atoms with Gasteiger partial charge >= 0.3 is 0 Å². The van der Waals surface area contributed by atoms with E-state index in [9.17, 15) is 9.59 Å². The van der Waals surface area contributed by atoms with Gasteiger partial charge in [-0.3, -0.25) is 9.59 Å². The Balaban J connectivity index is 1.83. The van der Waals surface area contributed by atoms with Crippen molar-refractivity contribution >= 4 is 17.5 Å². The molecule has 6 nitrogen and oxygen atoms in total. The Bertz CT molecular complexity index is 812. The standard InChI is InChI=1S/C20H21N3O3/c1-2-16-7-3-4-9-18(16)26-14-20(25)22-13-15-6-5-8-17(12-15)23-19(24)10-11-21/h3-9,12H,2,10,13-14H2,1H3,(H,22,25)(H,23,24). The smallest absolute Gasteiger partial charge is 0.258 e. The topological polar surface area (TPSA) is 91.2 Å². The van der Waals surface area contributed by atoms with Crippen LogP contribution in [0, 0.1) is 11.3 Å². The molecule has 0 radical (unpaired) electrons. The summed E-state index contributed by atoms with van der Waals surface area (Å²) >= 11 is 0. The fraction of sp³-hybridized carbons (Fsp3) is 0.250. The average Bonchev–Trinajstić information content (AvgIpc) is 2.65. The SMILES string of the molecule is CCc1ccccc1OCC(=O)NCc1cccc(NC(=O)CC#N)c1. The lowest BCUT2D eigenvalue weighted by Gasteiger charge is -2.11. The lowest BCUT2D eigenvalue weighted by atomic mass is 10.1. The Morgan fingerprint density at radius 3 is 2.69 bits per heavy atom. The second kappa shape index (κ2) is 9.84. The van der Waals surface area contributed by atoms with E-state index in [1.165, 1.54) is 0 Å².